The molecule has 2 fully saturated rings. The molecule has 0 saturated carbocycles. The highest BCUT2D eigenvalue weighted by Crippen LogP contribution is 2.39. The number of carbonyl (C=O) groups excluding carboxylic acids is 1. The third-order valence-electron chi connectivity index (χ3n) is 5.22. The summed E-state index contributed by atoms with van der Waals surface area (Å²) in [6, 6.07) is 17.5. The van der Waals surface area contributed by atoms with Crippen molar-refractivity contribution in [1.82, 2.24) is 0 Å². The molecule has 7 nitrogen and oxygen atoms in total. The van der Waals surface area contributed by atoms with Gasteiger partial charge in [-0.1, -0.05) is 60.7 Å². The first-order chi connectivity index (χ1) is 13.5. The Morgan fingerprint density at radius 2 is 1.64 bits per heavy atom. The average Bonchev–Trinajstić information content (AvgIpc) is 2.73. The van der Waals surface area contributed by atoms with Gasteiger partial charge in [-0.2, -0.15) is 0 Å². The Kier molecular flexibility index (Phi) is 5.29. The highest BCUT2D eigenvalue weighted by molar-refractivity contribution is 5.96. The predicted octanol–water partition coefficient (Wildman–Crippen LogP) is 1.18. The largest absolute Gasteiger partial charge is 0.387 e. The highest BCUT2D eigenvalue weighted by atomic mass is 16.7. The molecule has 6 atom stereocenters. The molecular weight excluding hydrogens is 364 g/mol. The van der Waals surface area contributed by atoms with Gasteiger partial charge in [0.15, 0.2) is 24.0 Å². The van der Waals surface area contributed by atoms with Crippen molar-refractivity contribution >= 4 is 5.78 Å². The molecule has 148 valence electrons. The lowest BCUT2D eigenvalue weighted by Crippen LogP contribution is -2.69. The van der Waals surface area contributed by atoms with E-state index < -0.39 is 48.7 Å². The van der Waals surface area contributed by atoms with Crippen molar-refractivity contribution in [2.45, 2.75) is 42.9 Å². The minimum Gasteiger partial charge on any atom is -0.387 e. The molecule has 2 aromatic rings. The molecule has 2 aromatic carbocycles. The number of ether oxygens (including phenoxy) is 3. The van der Waals surface area contributed by atoms with Gasteiger partial charge < -0.3 is 29.5 Å². The van der Waals surface area contributed by atoms with E-state index in [1.54, 1.807) is 30.3 Å². The Hall–Kier alpha value is -2.13. The van der Waals surface area contributed by atoms with Crippen LogP contribution in [0.15, 0.2) is 60.7 Å². The van der Waals surface area contributed by atoms with Gasteiger partial charge in [0.25, 0.3) is 0 Å². The van der Waals surface area contributed by atoms with Crippen molar-refractivity contribution < 1.29 is 34.3 Å². The van der Waals surface area contributed by atoms with E-state index >= 15 is 0 Å². The van der Waals surface area contributed by atoms with Crippen molar-refractivity contribution in [3.63, 3.8) is 0 Å². The molecule has 0 spiro atoms. The van der Waals surface area contributed by atoms with Crippen LogP contribution >= 0.6 is 0 Å². The van der Waals surface area contributed by atoms with Crippen molar-refractivity contribution in [2.75, 3.05) is 6.61 Å². The van der Waals surface area contributed by atoms with Crippen LogP contribution in [0, 0.1) is 0 Å². The molecule has 2 heterocycles. The second-order valence-corrected chi connectivity index (χ2v) is 7.11. The number of benzene rings is 2. The van der Waals surface area contributed by atoms with Gasteiger partial charge in [0, 0.05) is 17.5 Å². The maximum absolute atomic E-state index is 12.6. The smallest absolute Gasteiger partial charge is 0.187 e. The Morgan fingerprint density at radius 1 is 1.00 bits per heavy atom. The topological polar surface area (TPSA) is 105 Å². The summed E-state index contributed by atoms with van der Waals surface area (Å²) in [5.41, 5.74) is -1.08. The Balaban J connectivity index is 1.54. The summed E-state index contributed by atoms with van der Waals surface area (Å²) in [7, 11) is 0. The van der Waals surface area contributed by atoms with Gasteiger partial charge >= 0.3 is 0 Å². The van der Waals surface area contributed by atoms with Crippen LogP contribution in [0.3, 0.4) is 0 Å². The fraction of sp³-hybridized carbons (Fsp3) is 0.381. The lowest BCUT2D eigenvalue weighted by Gasteiger charge is -2.50. The summed E-state index contributed by atoms with van der Waals surface area (Å²) in [5.74, 6) is -0.421. The lowest BCUT2D eigenvalue weighted by atomic mass is 9.81. The van der Waals surface area contributed by atoms with Crippen LogP contribution in [0.5, 0.6) is 0 Å². The molecule has 0 aliphatic carbocycles. The van der Waals surface area contributed by atoms with E-state index in [0.29, 0.717) is 5.56 Å². The summed E-state index contributed by atoms with van der Waals surface area (Å²) in [5, 5.41) is 32.1. The molecule has 2 aliphatic heterocycles. The van der Waals surface area contributed by atoms with E-state index in [9.17, 15) is 20.1 Å². The summed E-state index contributed by atoms with van der Waals surface area (Å²) in [6.45, 7) is 0.0705. The van der Waals surface area contributed by atoms with Gasteiger partial charge in [0.2, 0.25) is 0 Å². The molecule has 7 heteroatoms. The summed E-state index contributed by atoms with van der Waals surface area (Å²) >= 11 is 0. The number of aliphatic hydroxyl groups excluding tert-OH is 2. The first kappa shape index (κ1) is 19.2. The van der Waals surface area contributed by atoms with Gasteiger partial charge in [0.1, 0.15) is 18.3 Å². The molecule has 0 radical (unpaired) electrons. The van der Waals surface area contributed by atoms with Crippen LogP contribution in [0.2, 0.25) is 0 Å². The summed E-state index contributed by atoms with van der Waals surface area (Å²) in [4.78, 5) is 12.6. The third kappa shape index (κ3) is 3.48. The van der Waals surface area contributed by atoms with Crippen LogP contribution in [-0.4, -0.2) is 57.9 Å². The van der Waals surface area contributed by atoms with Crippen molar-refractivity contribution in [3.05, 3.63) is 71.8 Å². The normalized spacial score (nSPS) is 35.2. The van der Waals surface area contributed by atoms with E-state index in [1.807, 2.05) is 30.3 Å². The Morgan fingerprint density at radius 3 is 2.32 bits per heavy atom. The fourth-order valence-electron chi connectivity index (χ4n) is 3.62. The van der Waals surface area contributed by atoms with Crippen molar-refractivity contribution in [1.29, 1.82) is 0 Å². The van der Waals surface area contributed by atoms with E-state index in [1.165, 1.54) is 0 Å². The monoisotopic (exact) mass is 386 g/mol. The number of fused-ring (bicyclic) bond motifs is 1. The summed E-state index contributed by atoms with van der Waals surface area (Å²) in [6.07, 6.45) is -6.28. The van der Waals surface area contributed by atoms with Crippen LogP contribution < -0.4 is 0 Å². The molecule has 4 rings (SSSR count). The molecule has 28 heavy (non-hydrogen) atoms. The van der Waals surface area contributed by atoms with Gasteiger partial charge in [-0.15, -0.1) is 0 Å². The first-order valence-corrected chi connectivity index (χ1v) is 9.13. The fourth-order valence-corrected chi connectivity index (χ4v) is 3.62. The van der Waals surface area contributed by atoms with E-state index in [4.69, 9.17) is 14.2 Å². The quantitative estimate of drug-likeness (QED) is 0.678. The zero-order chi connectivity index (χ0) is 19.7. The standard InChI is InChI=1S/C21H22O7/c22-15(13-7-3-1-4-8-13)11-21(25)18(23)17-16(27-20(21)24)12-26-19(28-17)14-9-5-2-6-10-14/h1-10,16-20,23-25H,11-12H2/t16-,17-,18+,19?,20+,21-/m1/s1. The number of carbonyl (C=O) groups is 1. The van der Waals surface area contributed by atoms with Gasteiger partial charge in [-0.3, -0.25) is 4.79 Å². The lowest BCUT2D eigenvalue weighted by molar-refractivity contribution is -0.379. The van der Waals surface area contributed by atoms with Gasteiger partial charge in [0.05, 0.1) is 6.61 Å². The summed E-state index contributed by atoms with van der Waals surface area (Å²) < 4.78 is 16.9. The van der Waals surface area contributed by atoms with Gasteiger partial charge in [-0.05, 0) is 0 Å². The predicted molar refractivity (Wildman–Crippen MR) is 97.2 cm³/mol. The SMILES string of the molecule is O=C(C[C@]1(O)[C@@H](O)O[C@@H]2COC(c3ccccc3)O[C@H]2[C@@H]1O)c1ccccc1. The zero-order valence-electron chi connectivity index (χ0n) is 15.0. The number of aliphatic hydroxyl groups is 3. The average molecular weight is 386 g/mol. The van der Waals surface area contributed by atoms with Crippen molar-refractivity contribution in [2.24, 2.45) is 0 Å². The third-order valence-corrected chi connectivity index (χ3v) is 5.22. The zero-order valence-corrected chi connectivity index (χ0v) is 15.0. The molecule has 2 aliphatic rings. The second-order valence-electron chi connectivity index (χ2n) is 7.11. The Labute approximate surface area is 162 Å². The maximum Gasteiger partial charge on any atom is 0.187 e. The molecule has 0 aromatic heterocycles. The number of hydrogen-bond donors (Lipinski definition) is 3. The number of Topliss-reactive ketones (excluding diaryl/α,β-unsaturated/α-hetero) is 1. The van der Waals surface area contributed by atoms with Gasteiger partial charge in [-0.25, -0.2) is 0 Å². The molecule has 3 N–H and O–H groups in total. The highest BCUT2D eigenvalue weighted by Gasteiger charge is 2.57. The molecule has 0 amide bonds. The minimum atomic E-state index is -2.20. The number of rotatable bonds is 4. The van der Waals surface area contributed by atoms with E-state index in [0.717, 1.165) is 5.56 Å². The van der Waals surface area contributed by atoms with E-state index in [2.05, 4.69) is 0 Å². The van der Waals surface area contributed by atoms with Crippen LogP contribution in [-0.2, 0) is 14.2 Å². The van der Waals surface area contributed by atoms with Crippen LogP contribution in [0.25, 0.3) is 0 Å². The Bertz CT molecular complexity index is 812. The van der Waals surface area contributed by atoms with Crippen LogP contribution in [0.4, 0.5) is 0 Å². The molecule has 1 unspecified atom stereocenters. The molecular formula is C21H22O7. The minimum absolute atomic E-state index is 0.0705. The molecule has 2 saturated heterocycles. The van der Waals surface area contributed by atoms with E-state index in [-0.39, 0.29) is 6.61 Å². The van der Waals surface area contributed by atoms with Crippen LogP contribution in [0.1, 0.15) is 28.6 Å². The first-order valence-electron chi connectivity index (χ1n) is 9.13. The second kappa shape index (κ2) is 7.71. The maximum atomic E-state index is 12.6. The number of ketones is 1. The molecule has 0 bridgehead atoms. The number of hydrogen-bond acceptors (Lipinski definition) is 7. The van der Waals surface area contributed by atoms with Crippen molar-refractivity contribution in [3.8, 4) is 0 Å².